The summed E-state index contributed by atoms with van der Waals surface area (Å²) in [6.07, 6.45) is 2.91. The molecule has 0 radical (unpaired) electrons. The second kappa shape index (κ2) is 6.26. The summed E-state index contributed by atoms with van der Waals surface area (Å²) in [7, 11) is 1.44. The van der Waals surface area contributed by atoms with Crippen molar-refractivity contribution in [2.45, 2.75) is 19.3 Å². The maximum atomic E-state index is 10.8. The minimum atomic E-state index is -0.0845. The first-order chi connectivity index (χ1) is 5.33. The summed E-state index contributed by atoms with van der Waals surface area (Å²) in [4.78, 5) is 10.8. The lowest BCUT2D eigenvalue weighted by Crippen LogP contribution is -2.31. The third-order valence-electron chi connectivity index (χ3n) is 2.08. The van der Waals surface area contributed by atoms with E-state index in [4.69, 9.17) is 0 Å². The summed E-state index contributed by atoms with van der Waals surface area (Å²) < 4.78 is 4.59. The van der Waals surface area contributed by atoms with Gasteiger partial charge in [-0.2, -0.15) is 0 Å². The number of rotatable bonds is 2. The van der Waals surface area contributed by atoms with Crippen LogP contribution < -0.4 is 5.32 Å². The predicted octanol–water partition coefficient (Wildman–Crippen LogP) is 0.971. The van der Waals surface area contributed by atoms with E-state index in [9.17, 15) is 4.79 Å². The van der Waals surface area contributed by atoms with Crippen molar-refractivity contribution < 1.29 is 9.53 Å². The Morgan fingerprint density at radius 2 is 2.42 bits per heavy atom. The van der Waals surface area contributed by atoms with Gasteiger partial charge in [-0.05, 0) is 31.8 Å². The molecule has 0 saturated carbocycles. The van der Waals surface area contributed by atoms with Gasteiger partial charge in [0.05, 0.1) is 7.11 Å². The van der Waals surface area contributed by atoms with E-state index in [1.807, 2.05) is 0 Å². The summed E-state index contributed by atoms with van der Waals surface area (Å²) >= 11 is 0. The van der Waals surface area contributed by atoms with Crippen molar-refractivity contribution in [1.82, 2.24) is 5.32 Å². The van der Waals surface area contributed by atoms with Crippen LogP contribution in [0.4, 0.5) is 0 Å². The Labute approximate surface area is 79.3 Å². The molecule has 0 aromatic heterocycles. The Hall–Kier alpha value is -0.280. The number of carbonyl (C=O) groups is 1. The minimum absolute atomic E-state index is 0. The van der Waals surface area contributed by atoms with Crippen LogP contribution in [0.2, 0.25) is 0 Å². The first kappa shape index (κ1) is 11.7. The minimum Gasteiger partial charge on any atom is -0.469 e. The molecular weight excluding hydrogens is 178 g/mol. The highest BCUT2D eigenvalue weighted by Gasteiger charge is 2.16. The molecule has 1 heterocycles. The van der Waals surface area contributed by atoms with Crippen molar-refractivity contribution in [3.05, 3.63) is 0 Å². The van der Waals surface area contributed by atoms with Gasteiger partial charge in [0.2, 0.25) is 0 Å². The molecule has 0 unspecified atom stereocenters. The number of ether oxygens (including phenoxy) is 1. The molecular formula is C8H16ClNO2. The van der Waals surface area contributed by atoms with E-state index in [2.05, 4.69) is 10.1 Å². The van der Waals surface area contributed by atoms with Crippen LogP contribution in [0.3, 0.4) is 0 Å². The van der Waals surface area contributed by atoms with Crippen LogP contribution in [-0.4, -0.2) is 26.2 Å². The van der Waals surface area contributed by atoms with Crippen molar-refractivity contribution in [3.8, 4) is 0 Å². The number of carbonyl (C=O) groups excluding carboxylic acids is 1. The molecule has 1 N–H and O–H groups in total. The molecule has 0 spiro atoms. The zero-order valence-corrected chi connectivity index (χ0v) is 8.15. The third-order valence-corrected chi connectivity index (χ3v) is 2.08. The number of esters is 1. The first-order valence-corrected chi connectivity index (χ1v) is 4.10. The van der Waals surface area contributed by atoms with Gasteiger partial charge in [-0.3, -0.25) is 4.79 Å². The predicted molar refractivity (Wildman–Crippen MR) is 49.5 cm³/mol. The smallest absolute Gasteiger partial charge is 0.305 e. The second-order valence-electron chi connectivity index (χ2n) is 2.99. The number of hydrogen-bond acceptors (Lipinski definition) is 3. The van der Waals surface area contributed by atoms with Crippen LogP contribution in [-0.2, 0) is 9.53 Å². The molecule has 1 rings (SSSR count). The molecule has 0 amide bonds. The highest BCUT2D eigenvalue weighted by atomic mass is 35.5. The fourth-order valence-corrected chi connectivity index (χ4v) is 1.42. The van der Waals surface area contributed by atoms with Crippen LogP contribution in [0.5, 0.6) is 0 Å². The maximum absolute atomic E-state index is 10.8. The molecule has 1 aliphatic heterocycles. The lowest BCUT2D eigenvalue weighted by atomic mass is 9.96. The third kappa shape index (κ3) is 3.93. The standard InChI is InChI=1S/C8H15NO2.ClH/c1-11-8(10)5-7-3-2-4-9-6-7;/h7,9H,2-6H2,1H3;1H/t7-;/m1./s1. The Morgan fingerprint density at radius 3 is 2.92 bits per heavy atom. The number of piperidine rings is 1. The van der Waals surface area contributed by atoms with Gasteiger partial charge in [-0.25, -0.2) is 0 Å². The van der Waals surface area contributed by atoms with Gasteiger partial charge in [0.25, 0.3) is 0 Å². The van der Waals surface area contributed by atoms with Gasteiger partial charge in [0, 0.05) is 6.42 Å². The average Bonchev–Trinajstić information content (AvgIpc) is 2.06. The molecule has 3 nitrogen and oxygen atoms in total. The highest BCUT2D eigenvalue weighted by molar-refractivity contribution is 5.85. The first-order valence-electron chi connectivity index (χ1n) is 4.10. The van der Waals surface area contributed by atoms with Gasteiger partial charge >= 0.3 is 5.97 Å². The zero-order chi connectivity index (χ0) is 8.10. The van der Waals surface area contributed by atoms with Crippen molar-refractivity contribution in [3.63, 3.8) is 0 Å². The van der Waals surface area contributed by atoms with E-state index in [1.165, 1.54) is 13.5 Å². The lowest BCUT2D eigenvalue weighted by Gasteiger charge is -2.21. The number of hydrogen-bond donors (Lipinski definition) is 1. The summed E-state index contributed by atoms with van der Waals surface area (Å²) in [6.45, 7) is 2.06. The van der Waals surface area contributed by atoms with E-state index < -0.39 is 0 Å². The molecule has 12 heavy (non-hydrogen) atoms. The van der Waals surface area contributed by atoms with Crippen LogP contribution >= 0.6 is 12.4 Å². The van der Waals surface area contributed by atoms with Crippen LogP contribution in [0, 0.1) is 5.92 Å². The molecule has 0 aromatic carbocycles. The molecule has 1 fully saturated rings. The monoisotopic (exact) mass is 193 g/mol. The molecule has 1 aliphatic rings. The van der Waals surface area contributed by atoms with Gasteiger partial charge in [0.15, 0.2) is 0 Å². The summed E-state index contributed by atoms with van der Waals surface area (Å²) in [5.74, 6) is 0.412. The number of nitrogens with one attached hydrogen (secondary N) is 1. The normalized spacial score (nSPS) is 22.6. The Morgan fingerprint density at radius 1 is 1.67 bits per heavy atom. The molecule has 0 aliphatic carbocycles. The Bertz CT molecular complexity index is 135. The van der Waals surface area contributed by atoms with E-state index >= 15 is 0 Å². The van der Waals surface area contributed by atoms with Crippen molar-refractivity contribution in [2.24, 2.45) is 5.92 Å². The average molecular weight is 194 g/mol. The topological polar surface area (TPSA) is 38.3 Å². The fraction of sp³-hybridized carbons (Fsp3) is 0.875. The van der Waals surface area contributed by atoms with Crippen molar-refractivity contribution in [1.29, 1.82) is 0 Å². The van der Waals surface area contributed by atoms with E-state index in [0.717, 1.165) is 19.5 Å². The van der Waals surface area contributed by atoms with Gasteiger partial charge in [0.1, 0.15) is 0 Å². The SMILES string of the molecule is COC(=O)C[C@H]1CCCNC1.Cl. The van der Waals surface area contributed by atoms with Gasteiger partial charge < -0.3 is 10.1 Å². The Kier molecular flexibility index (Phi) is 6.11. The van der Waals surface area contributed by atoms with Gasteiger partial charge in [-0.1, -0.05) is 0 Å². The Balaban J connectivity index is 0.00000121. The van der Waals surface area contributed by atoms with E-state index in [-0.39, 0.29) is 18.4 Å². The molecule has 0 bridgehead atoms. The number of methoxy groups -OCH3 is 1. The van der Waals surface area contributed by atoms with Crippen LogP contribution in [0.25, 0.3) is 0 Å². The molecule has 4 heteroatoms. The molecule has 0 aromatic rings. The largest absolute Gasteiger partial charge is 0.469 e. The number of halogens is 1. The molecule has 1 saturated heterocycles. The fourth-order valence-electron chi connectivity index (χ4n) is 1.42. The van der Waals surface area contributed by atoms with Crippen molar-refractivity contribution in [2.75, 3.05) is 20.2 Å². The van der Waals surface area contributed by atoms with Gasteiger partial charge in [-0.15, -0.1) is 12.4 Å². The lowest BCUT2D eigenvalue weighted by molar-refractivity contribution is -0.141. The highest BCUT2D eigenvalue weighted by Crippen LogP contribution is 2.13. The van der Waals surface area contributed by atoms with Crippen molar-refractivity contribution >= 4 is 18.4 Å². The van der Waals surface area contributed by atoms with Crippen LogP contribution in [0.15, 0.2) is 0 Å². The second-order valence-corrected chi connectivity index (χ2v) is 2.99. The summed E-state index contributed by atoms with van der Waals surface area (Å²) in [6, 6.07) is 0. The van der Waals surface area contributed by atoms with E-state index in [0.29, 0.717) is 12.3 Å². The summed E-state index contributed by atoms with van der Waals surface area (Å²) in [5, 5.41) is 3.26. The summed E-state index contributed by atoms with van der Waals surface area (Å²) in [5.41, 5.74) is 0. The molecule has 72 valence electrons. The molecule has 1 atom stereocenters. The van der Waals surface area contributed by atoms with E-state index in [1.54, 1.807) is 0 Å². The quantitative estimate of drug-likeness (QED) is 0.665. The zero-order valence-electron chi connectivity index (χ0n) is 7.34. The maximum Gasteiger partial charge on any atom is 0.305 e. The van der Waals surface area contributed by atoms with Crippen LogP contribution in [0.1, 0.15) is 19.3 Å².